The Labute approximate surface area is 141 Å². The second-order valence-corrected chi connectivity index (χ2v) is 7.47. The fourth-order valence-electron chi connectivity index (χ4n) is 2.37. The molecule has 0 aliphatic carbocycles. The molecule has 2 aromatic heterocycles. The standard InChI is InChI=1S/C15H12N2O5S2/c1-22-9-5-8(6-10(7-9)24(16,20)21)12-11-3-2-4-17-14(11)23-13(12)15(18)19/h2-7H,1H3,(H,18,19)(H2,16,20,21). The first-order valence-electron chi connectivity index (χ1n) is 6.64. The molecular weight excluding hydrogens is 352 g/mol. The van der Waals surface area contributed by atoms with Gasteiger partial charge in [-0.25, -0.2) is 23.3 Å². The Morgan fingerprint density at radius 2 is 2.08 bits per heavy atom. The summed E-state index contributed by atoms with van der Waals surface area (Å²) < 4.78 is 28.5. The first kappa shape index (κ1) is 16.4. The highest BCUT2D eigenvalue weighted by atomic mass is 32.2. The third-order valence-electron chi connectivity index (χ3n) is 3.39. The van der Waals surface area contributed by atoms with Crippen LogP contribution in [0.15, 0.2) is 41.4 Å². The number of aromatic nitrogens is 1. The van der Waals surface area contributed by atoms with Crippen molar-refractivity contribution in [1.29, 1.82) is 0 Å². The number of sulfonamides is 1. The number of ether oxygens (including phenoxy) is 1. The zero-order valence-electron chi connectivity index (χ0n) is 12.4. The van der Waals surface area contributed by atoms with Crippen molar-refractivity contribution < 1.29 is 23.1 Å². The van der Waals surface area contributed by atoms with Crippen LogP contribution in [0.2, 0.25) is 0 Å². The van der Waals surface area contributed by atoms with Gasteiger partial charge in [0.1, 0.15) is 15.5 Å². The second-order valence-electron chi connectivity index (χ2n) is 4.91. The molecule has 0 atom stereocenters. The molecule has 0 fully saturated rings. The molecule has 124 valence electrons. The van der Waals surface area contributed by atoms with Gasteiger partial charge in [-0.05, 0) is 29.8 Å². The first-order valence-corrected chi connectivity index (χ1v) is 9.00. The number of pyridine rings is 1. The fourth-order valence-corrected chi connectivity index (χ4v) is 3.94. The molecule has 3 aromatic rings. The summed E-state index contributed by atoms with van der Waals surface area (Å²) in [6, 6.07) is 7.60. The van der Waals surface area contributed by atoms with Crippen molar-refractivity contribution in [1.82, 2.24) is 4.98 Å². The number of hydrogen-bond acceptors (Lipinski definition) is 6. The highest BCUT2D eigenvalue weighted by Gasteiger charge is 2.22. The number of aromatic carboxylic acids is 1. The molecule has 3 N–H and O–H groups in total. The van der Waals surface area contributed by atoms with Crippen LogP contribution in [0.25, 0.3) is 21.3 Å². The topological polar surface area (TPSA) is 120 Å². The van der Waals surface area contributed by atoms with E-state index in [-0.39, 0.29) is 15.5 Å². The Kier molecular flexibility index (Phi) is 3.99. The van der Waals surface area contributed by atoms with E-state index < -0.39 is 16.0 Å². The summed E-state index contributed by atoms with van der Waals surface area (Å²) >= 11 is 1.02. The maximum absolute atomic E-state index is 11.7. The van der Waals surface area contributed by atoms with Gasteiger partial charge in [-0.15, -0.1) is 11.3 Å². The number of carboxylic acids is 1. The molecule has 1 aromatic carbocycles. The van der Waals surface area contributed by atoms with E-state index in [4.69, 9.17) is 9.88 Å². The maximum Gasteiger partial charge on any atom is 0.346 e. The maximum atomic E-state index is 11.7. The van der Waals surface area contributed by atoms with Crippen LogP contribution in [0.3, 0.4) is 0 Å². The van der Waals surface area contributed by atoms with Gasteiger partial charge in [0, 0.05) is 23.2 Å². The number of hydrogen-bond donors (Lipinski definition) is 2. The van der Waals surface area contributed by atoms with Crippen molar-refractivity contribution >= 4 is 37.5 Å². The minimum atomic E-state index is -3.98. The molecule has 2 heterocycles. The summed E-state index contributed by atoms with van der Waals surface area (Å²) in [6.45, 7) is 0. The van der Waals surface area contributed by atoms with Crippen LogP contribution in [-0.4, -0.2) is 31.6 Å². The lowest BCUT2D eigenvalue weighted by Crippen LogP contribution is -2.12. The molecule has 7 nitrogen and oxygen atoms in total. The van der Waals surface area contributed by atoms with Gasteiger partial charge in [-0.2, -0.15) is 0 Å². The minimum absolute atomic E-state index is 0.0670. The van der Waals surface area contributed by atoms with E-state index in [0.29, 0.717) is 21.3 Å². The van der Waals surface area contributed by atoms with Gasteiger partial charge in [0.2, 0.25) is 10.0 Å². The van der Waals surface area contributed by atoms with Gasteiger partial charge in [0.25, 0.3) is 0 Å². The molecule has 0 radical (unpaired) electrons. The normalized spacial score (nSPS) is 11.6. The third kappa shape index (κ3) is 2.84. The van der Waals surface area contributed by atoms with Crippen molar-refractivity contribution in [3.63, 3.8) is 0 Å². The molecule has 9 heteroatoms. The van der Waals surface area contributed by atoms with E-state index in [1.54, 1.807) is 24.4 Å². The first-order chi connectivity index (χ1) is 11.3. The molecule has 24 heavy (non-hydrogen) atoms. The highest BCUT2D eigenvalue weighted by molar-refractivity contribution is 7.89. The molecule has 0 saturated carbocycles. The van der Waals surface area contributed by atoms with Gasteiger partial charge in [-0.1, -0.05) is 0 Å². The van der Waals surface area contributed by atoms with Crippen molar-refractivity contribution in [3.8, 4) is 16.9 Å². The lowest BCUT2D eigenvalue weighted by atomic mass is 10.0. The Balaban J connectivity index is 2.39. The number of benzene rings is 1. The van der Waals surface area contributed by atoms with Crippen LogP contribution in [0.4, 0.5) is 0 Å². The molecule has 0 amide bonds. The Morgan fingerprint density at radius 3 is 2.71 bits per heavy atom. The number of nitrogens with two attached hydrogens (primary N) is 1. The number of nitrogens with zero attached hydrogens (tertiary/aromatic N) is 1. The Bertz CT molecular complexity index is 1060. The molecule has 0 saturated heterocycles. The van der Waals surface area contributed by atoms with Crippen molar-refractivity contribution in [2.24, 2.45) is 5.14 Å². The number of methoxy groups -OCH3 is 1. The number of primary sulfonamides is 1. The monoisotopic (exact) mass is 364 g/mol. The predicted molar refractivity (Wildman–Crippen MR) is 89.9 cm³/mol. The minimum Gasteiger partial charge on any atom is -0.497 e. The summed E-state index contributed by atoms with van der Waals surface area (Å²) in [6.07, 6.45) is 1.57. The smallest absolute Gasteiger partial charge is 0.346 e. The Hall–Kier alpha value is -2.49. The lowest BCUT2D eigenvalue weighted by Gasteiger charge is -2.09. The summed E-state index contributed by atoms with van der Waals surface area (Å²) in [7, 11) is -2.59. The van der Waals surface area contributed by atoms with Crippen molar-refractivity contribution in [2.75, 3.05) is 7.11 Å². The van der Waals surface area contributed by atoms with Gasteiger partial charge in [-0.3, -0.25) is 0 Å². The number of carboxylic acid groups (broad SMARTS) is 1. The summed E-state index contributed by atoms with van der Waals surface area (Å²) in [4.78, 5) is 16.2. The van der Waals surface area contributed by atoms with E-state index in [0.717, 1.165) is 11.3 Å². The SMILES string of the molecule is COc1cc(-c2c(C(=O)O)sc3ncccc23)cc(S(N)(=O)=O)c1. The molecule has 0 aliphatic rings. The molecule has 3 rings (SSSR count). The van der Waals surface area contributed by atoms with E-state index in [1.807, 2.05) is 0 Å². The van der Waals surface area contributed by atoms with E-state index in [9.17, 15) is 18.3 Å². The van der Waals surface area contributed by atoms with E-state index >= 15 is 0 Å². The van der Waals surface area contributed by atoms with Crippen LogP contribution in [0.5, 0.6) is 5.75 Å². The third-order valence-corrected chi connectivity index (χ3v) is 5.39. The fraction of sp³-hybridized carbons (Fsp3) is 0.0667. The quantitative estimate of drug-likeness (QED) is 0.733. The number of fused-ring (bicyclic) bond motifs is 1. The average molecular weight is 364 g/mol. The molecule has 0 spiro atoms. The second kappa shape index (κ2) is 5.86. The number of rotatable bonds is 4. The van der Waals surface area contributed by atoms with Gasteiger partial charge >= 0.3 is 5.97 Å². The van der Waals surface area contributed by atoms with Gasteiger partial charge < -0.3 is 9.84 Å². The summed E-state index contributed by atoms with van der Waals surface area (Å²) in [5, 5.41) is 15.3. The van der Waals surface area contributed by atoms with Crippen molar-refractivity contribution in [2.45, 2.75) is 4.90 Å². The van der Waals surface area contributed by atoms with Crippen LogP contribution in [-0.2, 0) is 10.0 Å². The molecule has 0 unspecified atom stereocenters. The van der Waals surface area contributed by atoms with E-state index in [2.05, 4.69) is 4.98 Å². The largest absolute Gasteiger partial charge is 0.497 e. The van der Waals surface area contributed by atoms with Crippen LogP contribution in [0, 0.1) is 0 Å². The summed E-state index contributed by atoms with van der Waals surface area (Å²) in [5.41, 5.74) is 0.773. The lowest BCUT2D eigenvalue weighted by molar-refractivity contribution is 0.0703. The van der Waals surface area contributed by atoms with Gasteiger partial charge in [0.15, 0.2) is 0 Å². The Morgan fingerprint density at radius 1 is 1.33 bits per heavy atom. The van der Waals surface area contributed by atoms with E-state index in [1.165, 1.54) is 19.2 Å². The summed E-state index contributed by atoms with van der Waals surface area (Å²) in [5.74, 6) is -0.857. The zero-order valence-corrected chi connectivity index (χ0v) is 14.0. The van der Waals surface area contributed by atoms with Crippen molar-refractivity contribution in [3.05, 3.63) is 41.4 Å². The number of thiophene rings is 1. The molecule has 0 aliphatic heterocycles. The molecule has 0 bridgehead atoms. The van der Waals surface area contributed by atoms with Crippen LogP contribution < -0.4 is 9.88 Å². The predicted octanol–water partition coefficient (Wildman–Crippen LogP) is 2.32. The average Bonchev–Trinajstić information content (AvgIpc) is 2.93. The van der Waals surface area contributed by atoms with Gasteiger partial charge in [0.05, 0.1) is 12.0 Å². The molecular formula is C15H12N2O5S2. The highest BCUT2D eigenvalue weighted by Crippen LogP contribution is 2.39. The zero-order chi connectivity index (χ0) is 17.5. The number of carbonyl (C=O) groups is 1. The van der Waals surface area contributed by atoms with Crippen LogP contribution in [0.1, 0.15) is 9.67 Å². The van der Waals surface area contributed by atoms with Crippen LogP contribution >= 0.6 is 11.3 Å².